The third kappa shape index (κ3) is 5.80. The lowest BCUT2D eigenvalue weighted by Gasteiger charge is -2.24. The number of likely N-dealkylation sites (N-methyl/N-ethyl adjacent to an activating group) is 1. The molecule has 0 aliphatic heterocycles. The fourth-order valence-corrected chi connectivity index (χ4v) is 2.81. The van der Waals surface area contributed by atoms with Crippen LogP contribution in [0.2, 0.25) is 0 Å². The van der Waals surface area contributed by atoms with Gasteiger partial charge in [-0.2, -0.15) is 5.10 Å². The first-order valence-corrected chi connectivity index (χ1v) is 9.02. The molecule has 1 N–H and O–H groups in total. The van der Waals surface area contributed by atoms with Crippen LogP contribution in [0.25, 0.3) is 5.69 Å². The van der Waals surface area contributed by atoms with Gasteiger partial charge in [-0.15, -0.1) is 13.2 Å². The molecular weight excluding hydrogens is 399 g/mol. The SMILES string of the molecule is C[C@H](c1ccc(-n2cncn2)cc1)N(C)CC(=O)Nc1ccc(OC(F)(F)F)cc1. The summed E-state index contributed by atoms with van der Waals surface area (Å²) in [5.74, 6) is -0.631. The summed E-state index contributed by atoms with van der Waals surface area (Å²) in [4.78, 5) is 18.1. The third-order valence-electron chi connectivity index (χ3n) is 4.48. The Bertz CT molecular complexity index is 958. The average molecular weight is 419 g/mol. The van der Waals surface area contributed by atoms with Crippen LogP contribution < -0.4 is 10.1 Å². The van der Waals surface area contributed by atoms with Gasteiger partial charge in [-0.3, -0.25) is 9.69 Å². The van der Waals surface area contributed by atoms with Gasteiger partial charge < -0.3 is 10.1 Å². The van der Waals surface area contributed by atoms with Crippen LogP contribution in [-0.2, 0) is 4.79 Å². The molecule has 1 atom stereocenters. The highest BCUT2D eigenvalue weighted by Gasteiger charge is 2.31. The molecule has 158 valence electrons. The summed E-state index contributed by atoms with van der Waals surface area (Å²) < 4.78 is 42.1. The van der Waals surface area contributed by atoms with E-state index in [1.165, 1.54) is 18.5 Å². The van der Waals surface area contributed by atoms with Gasteiger partial charge in [0.1, 0.15) is 18.4 Å². The van der Waals surface area contributed by atoms with Gasteiger partial charge in [-0.25, -0.2) is 9.67 Å². The highest BCUT2D eigenvalue weighted by Crippen LogP contribution is 2.24. The van der Waals surface area contributed by atoms with Gasteiger partial charge in [-0.1, -0.05) is 12.1 Å². The van der Waals surface area contributed by atoms with Crippen LogP contribution in [0.5, 0.6) is 5.75 Å². The quantitative estimate of drug-likeness (QED) is 0.631. The fourth-order valence-electron chi connectivity index (χ4n) is 2.81. The second kappa shape index (κ2) is 8.95. The molecule has 0 saturated carbocycles. The number of hydrogen-bond donors (Lipinski definition) is 1. The van der Waals surface area contributed by atoms with Crippen LogP contribution in [0, 0.1) is 0 Å². The van der Waals surface area contributed by atoms with E-state index in [1.807, 2.05) is 43.1 Å². The number of nitrogens with zero attached hydrogens (tertiary/aromatic N) is 4. The molecule has 10 heteroatoms. The summed E-state index contributed by atoms with van der Waals surface area (Å²) in [6.45, 7) is 2.08. The van der Waals surface area contributed by atoms with Crippen LogP contribution in [0.1, 0.15) is 18.5 Å². The number of carbonyl (C=O) groups excluding carboxylic acids is 1. The van der Waals surface area contributed by atoms with E-state index in [0.717, 1.165) is 23.4 Å². The van der Waals surface area contributed by atoms with Crippen molar-refractivity contribution in [3.8, 4) is 11.4 Å². The van der Waals surface area contributed by atoms with Gasteiger partial charge in [0.25, 0.3) is 0 Å². The molecule has 0 bridgehead atoms. The first-order chi connectivity index (χ1) is 14.2. The van der Waals surface area contributed by atoms with Crippen molar-refractivity contribution < 1.29 is 22.7 Å². The summed E-state index contributed by atoms with van der Waals surface area (Å²) in [7, 11) is 1.82. The third-order valence-corrected chi connectivity index (χ3v) is 4.48. The Hall–Kier alpha value is -3.40. The predicted molar refractivity (Wildman–Crippen MR) is 104 cm³/mol. The van der Waals surface area contributed by atoms with Gasteiger partial charge in [0.15, 0.2) is 0 Å². The van der Waals surface area contributed by atoms with Crippen LogP contribution in [-0.4, -0.2) is 45.5 Å². The Kier molecular flexibility index (Phi) is 6.36. The molecule has 0 aliphatic carbocycles. The molecule has 2 aromatic carbocycles. The zero-order valence-electron chi connectivity index (χ0n) is 16.3. The lowest BCUT2D eigenvalue weighted by molar-refractivity contribution is -0.274. The number of carbonyl (C=O) groups is 1. The van der Waals surface area contributed by atoms with Crippen LogP contribution in [0.15, 0.2) is 61.2 Å². The Balaban J connectivity index is 1.54. The number of hydrogen-bond acceptors (Lipinski definition) is 5. The van der Waals surface area contributed by atoms with Gasteiger partial charge in [-0.05, 0) is 55.9 Å². The summed E-state index contributed by atoms with van der Waals surface area (Å²) in [5.41, 5.74) is 2.28. The molecule has 1 aromatic heterocycles. The van der Waals surface area contributed by atoms with Gasteiger partial charge >= 0.3 is 6.36 Å². The number of ether oxygens (including phenoxy) is 1. The maximum absolute atomic E-state index is 12.3. The van der Waals surface area contributed by atoms with Crippen molar-refractivity contribution in [2.75, 3.05) is 18.9 Å². The van der Waals surface area contributed by atoms with Crippen molar-refractivity contribution in [1.82, 2.24) is 19.7 Å². The molecule has 1 heterocycles. The normalized spacial score (nSPS) is 12.6. The minimum atomic E-state index is -4.75. The van der Waals surface area contributed by atoms with E-state index in [2.05, 4.69) is 20.1 Å². The number of nitrogens with one attached hydrogen (secondary N) is 1. The van der Waals surface area contributed by atoms with Gasteiger partial charge in [0.2, 0.25) is 5.91 Å². The Morgan fingerprint density at radius 2 is 1.83 bits per heavy atom. The van der Waals surface area contributed by atoms with Crippen molar-refractivity contribution in [3.05, 3.63) is 66.7 Å². The molecule has 30 heavy (non-hydrogen) atoms. The standard InChI is InChI=1S/C20H20F3N5O2/c1-14(15-3-7-17(8-4-15)28-13-24-12-25-28)27(2)11-19(29)26-16-5-9-18(10-6-16)30-20(21,22)23/h3-10,12-14H,11H2,1-2H3,(H,26,29)/t14-/m1/s1. The van der Waals surface area contributed by atoms with E-state index in [4.69, 9.17) is 0 Å². The molecule has 0 radical (unpaired) electrons. The molecular formula is C20H20F3N5O2. The number of halogens is 3. The van der Waals surface area contributed by atoms with E-state index >= 15 is 0 Å². The Labute approximate surface area is 171 Å². The maximum atomic E-state index is 12.3. The molecule has 7 nitrogen and oxygen atoms in total. The average Bonchev–Trinajstić information content (AvgIpc) is 3.22. The zero-order valence-corrected chi connectivity index (χ0v) is 16.3. The van der Waals surface area contributed by atoms with Crippen LogP contribution >= 0.6 is 0 Å². The van der Waals surface area contributed by atoms with Gasteiger partial charge in [0.05, 0.1) is 12.2 Å². The Morgan fingerprint density at radius 1 is 1.17 bits per heavy atom. The maximum Gasteiger partial charge on any atom is 0.573 e. The van der Waals surface area contributed by atoms with E-state index in [9.17, 15) is 18.0 Å². The van der Waals surface area contributed by atoms with Gasteiger partial charge in [0, 0.05) is 11.7 Å². The van der Waals surface area contributed by atoms with E-state index in [1.54, 1.807) is 11.0 Å². The number of amides is 1. The zero-order chi connectivity index (χ0) is 21.7. The summed E-state index contributed by atoms with van der Waals surface area (Å²) in [5, 5.41) is 6.74. The minimum absolute atomic E-state index is 0.0388. The first-order valence-electron chi connectivity index (χ1n) is 9.02. The van der Waals surface area contributed by atoms with E-state index < -0.39 is 6.36 Å². The largest absolute Gasteiger partial charge is 0.573 e. The van der Waals surface area contributed by atoms with Crippen molar-refractivity contribution >= 4 is 11.6 Å². The van der Waals surface area contributed by atoms with E-state index in [0.29, 0.717) is 5.69 Å². The van der Waals surface area contributed by atoms with E-state index in [-0.39, 0.29) is 24.2 Å². The monoisotopic (exact) mass is 419 g/mol. The first kappa shape index (κ1) is 21.3. The molecule has 0 aliphatic rings. The van der Waals surface area contributed by atoms with Crippen LogP contribution in [0.4, 0.5) is 18.9 Å². The number of aromatic nitrogens is 3. The van der Waals surface area contributed by atoms with Crippen molar-refractivity contribution in [2.24, 2.45) is 0 Å². The number of alkyl halides is 3. The molecule has 0 unspecified atom stereocenters. The molecule has 0 spiro atoms. The molecule has 1 amide bonds. The smallest absolute Gasteiger partial charge is 0.406 e. The Morgan fingerprint density at radius 3 is 2.40 bits per heavy atom. The lowest BCUT2D eigenvalue weighted by Crippen LogP contribution is -2.32. The topological polar surface area (TPSA) is 72.3 Å². The summed E-state index contributed by atoms with van der Waals surface area (Å²) in [6, 6.07) is 12.7. The van der Waals surface area contributed by atoms with Crippen molar-refractivity contribution in [1.29, 1.82) is 0 Å². The predicted octanol–water partition coefficient (Wildman–Crippen LogP) is 3.80. The summed E-state index contributed by atoms with van der Waals surface area (Å²) in [6.07, 6.45) is -1.69. The van der Waals surface area contributed by atoms with Crippen molar-refractivity contribution in [3.63, 3.8) is 0 Å². The number of anilines is 1. The van der Waals surface area contributed by atoms with Crippen LogP contribution in [0.3, 0.4) is 0 Å². The van der Waals surface area contributed by atoms with Crippen molar-refractivity contribution in [2.45, 2.75) is 19.3 Å². The molecule has 3 rings (SSSR count). The molecule has 0 saturated heterocycles. The molecule has 0 fully saturated rings. The fraction of sp³-hybridized carbons (Fsp3) is 0.250. The number of rotatable bonds is 7. The summed E-state index contributed by atoms with van der Waals surface area (Å²) >= 11 is 0. The molecule has 3 aromatic rings. The second-order valence-electron chi connectivity index (χ2n) is 6.64. The highest BCUT2D eigenvalue weighted by atomic mass is 19.4. The number of benzene rings is 2. The lowest BCUT2D eigenvalue weighted by atomic mass is 10.1. The minimum Gasteiger partial charge on any atom is -0.406 e. The second-order valence-corrected chi connectivity index (χ2v) is 6.64. The highest BCUT2D eigenvalue weighted by molar-refractivity contribution is 5.92.